The van der Waals surface area contributed by atoms with Gasteiger partial charge >= 0.3 is 6.18 Å². The number of ether oxygens (including phenoxy) is 1. The SMILES string of the molecule is CCc1c(/C=C2/CN(C(=O)c3nccc(F)c3O)C(C)(C)C2)c(=O)n2nc(C3=CCOCC3)nc2n1CC(=O)Nc1ccc(C(F)(F)F)cc1Cl. The number of aromatic hydroxyl groups is 1. The van der Waals surface area contributed by atoms with Crippen LogP contribution in [0.4, 0.5) is 23.2 Å². The fourth-order valence-electron chi connectivity index (χ4n) is 6.29. The molecule has 2 aliphatic rings. The number of likely N-dealkylation sites (tertiary alicyclic amines) is 1. The number of carbonyl (C=O) groups excluding carboxylic acids is 2. The molecule has 17 heteroatoms. The number of aromatic nitrogens is 5. The van der Waals surface area contributed by atoms with Crippen molar-refractivity contribution >= 4 is 46.5 Å². The lowest BCUT2D eigenvalue weighted by Crippen LogP contribution is -2.43. The summed E-state index contributed by atoms with van der Waals surface area (Å²) in [5, 5.41) is 16.9. The average molecular weight is 730 g/mol. The molecule has 0 bridgehead atoms. The lowest BCUT2D eigenvalue weighted by Gasteiger charge is -2.30. The summed E-state index contributed by atoms with van der Waals surface area (Å²) in [6.45, 7) is 5.70. The highest BCUT2D eigenvalue weighted by atomic mass is 35.5. The molecule has 0 unspecified atom stereocenters. The van der Waals surface area contributed by atoms with Crippen molar-refractivity contribution < 1.29 is 37.0 Å². The maximum absolute atomic E-state index is 14.1. The third-order valence-corrected chi connectivity index (χ3v) is 9.08. The second-order valence-electron chi connectivity index (χ2n) is 12.7. The minimum atomic E-state index is -4.63. The Morgan fingerprint density at radius 1 is 1.22 bits per heavy atom. The van der Waals surface area contributed by atoms with Crippen molar-refractivity contribution in [1.82, 2.24) is 29.0 Å². The van der Waals surface area contributed by atoms with E-state index in [2.05, 4.69) is 20.4 Å². The van der Waals surface area contributed by atoms with E-state index < -0.39 is 58.5 Å². The molecule has 51 heavy (non-hydrogen) atoms. The van der Waals surface area contributed by atoms with Gasteiger partial charge in [-0.25, -0.2) is 9.37 Å². The van der Waals surface area contributed by atoms with Crippen molar-refractivity contribution in [2.24, 2.45) is 0 Å². The minimum absolute atomic E-state index is 0.0203. The van der Waals surface area contributed by atoms with Crippen LogP contribution in [0.1, 0.15) is 66.7 Å². The number of nitrogens with one attached hydrogen (secondary N) is 1. The van der Waals surface area contributed by atoms with Gasteiger partial charge in [-0.05, 0) is 74.6 Å². The van der Waals surface area contributed by atoms with Crippen molar-refractivity contribution in [1.29, 1.82) is 0 Å². The maximum atomic E-state index is 14.1. The molecule has 4 aromatic rings. The molecule has 1 saturated heterocycles. The number of pyridine rings is 1. The molecule has 3 aromatic heterocycles. The summed E-state index contributed by atoms with van der Waals surface area (Å²) in [5.74, 6) is -2.89. The van der Waals surface area contributed by atoms with E-state index >= 15 is 0 Å². The Morgan fingerprint density at radius 2 is 1.98 bits per heavy atom. The van der Waals surface area contributed by atoms with E-state index in [0.717, 1.165) is 34.5 Å². The van der Waals surface area contributed by atoms with Crippen LogP contribution in [0.3, 0.4) is 0 Å². The minimum Gasteiger partial charge on any atom is -0.503 e. The maximum Gasteiger partial charge on any atom is 0.416 e. The topological polar surface area (TPSA) is 144 Å². The molecule has 2 N–H and O–H groups in total. The quantitative estimate of drug-likeness (QED) is 0.237. The number of hydrogen-bond acceptors (Lipinski definition) is 8. The van der Waals surface area contributed by atoms with Crippen LogP contribution in [0, 0.1) is 5.82 Å². The van der Waals surface area contributed by atoms with Gasteiger partial charge in [0.2, 0.25) is 11.7 Å². The fourth-order valence-corrected chi connectivity index (χ4v) is 6.52. The molecular weight excluding hydrogens is 698 g/mol. The molecule has 0 spiro atoms. The molecule has 0 radical (unpaired) electrons. The lowest BCUT2D eigenvalue weighted by atomic mass is 9.98. The van der Waals surface area contributed by atoms with Crippen molar-refractivity contribution in [3.8, 4) is 5.75 Å². The summed E-state index contributed by atoms with van der Waals surface area (Å²) >= 11 is 6.10. The number of fused-ring (bicyclic) bond motifs is 1. The molecule has 268 valence electrons. The highest BCUT2D eigenvalue weighted by molar-refractivity contribution is 6.33. The highest BCUT2D eigenvalue weighted by Crippen LogP contribution is 2.36. The second kappa shape index (κ2) is 13.6. The molecule has 2 aliphatic heterocycles. The van der Waals surface area contributed by atoms with Gasteiger partial charge < -0.3 is 24.6 Å². The normalized spacial score (nSPS) is 16.9. The zero-order valence-electron chi connectivity index (χ0n) is 27.6. The molecule has 0 saturated carbocycles. The van der Waals surface area contributed by atoms with E-state index in [1.165, 1.54) is 9.47 Å². The van der Waals surface area contributed by atoms with Crippen LogP contribution in [0.5, 0.6) is 5.75 Å². The van der Waals surface area contributed by atoms with Crippen molar-refractivity contribution in [3.63, 3.8) is 0 Å². The third kappa shape index (κ3) is 6.97. The lowest BCUT2D eigenvalue weighted by molar-refractivity contribution is -0.137. The van der Waals surface area contributed by atoms with Crippen LogP contribution in [-0.4, -0.2) is 71.3 Å². The van der Waals surface area contributed by atoms with Crippen molar-refractivity contribution in [2.45, 2.75) is 58.3 Å². The predicted octanol–water partition coefficient (Wildman–Crippen LogP) is 5.52. The molecule has 2 amide bonds. The average Bonchev–Trinajstić information content (AvgIpc) is 3.66. The Bertz CT molecular complexity index is 2190. The van der Waals surface area contributed by atoms with Gasteiger partial charge in [0, 0.05) is 24.0 Å². The van der Waals surface area contributed by atoms with E-state index in [-0.39, 0.29) is 40.8 Å². The molecular formula is C34H32ClF4N7O5. The monoisotopic (exact) mass is 729 g/mol. The first kappa shape index (κ1) is 35.7. The number of alkyl halides is 3. The molecule has 0 aliphatic carbocycles. The summed E-state index contributed by atoms with van der Waals surface area (Å²) in [6, 6.07) is 3.51. The van der Waals surface area contributed by atoms with E-state index in [9.17, 15) is 37.1 Å². The van der Waals surface area contributed by atoms with Crippen LogP contribution in [0.15, 0.2) is 46.9 Å². The summed E-state index contributed by atoms with van der Waals surface area (Å²) in [6.07, 6.45) is 0.917. The first-order valence-electron chi connectivity index (χ1n) is 15.9. The van der Waals surface area contributed by atoms with E-state index in [0.29, 0.717) is 43.4 Å². The number of hydrogen-bond donors (Lipinski definition) is 2. The second-order valence-corrected chi connectivity index (χ2v) is 13.1. The summed E-state index contributed by atoms with van der Waals surface area (Å²) in [5.41, 5.74) is -0.847. The molecule has 0 atom stereocenters. The zero-order valence-corrected chi connectivity index (χ0v) is 28.4. The van der Waals surface area contributed by atoms with Crippen LogP contribution >= 0.6 is 11.6 Å². The van der Waals surface area contributed by atoms with Gasteiger partial charge in [-0.3, -0.25) is 14.4 Å². The van der Waals surface area contributed by atoms with Crippen LogP contribution in [0.25, 0.3) is 17.4 Å². The largest absolute Gasteiger partial charge is 0.503 e. The van der Waals surface area contributed by atoms with Gasteiger partial charge in [0.05, 0.1) is 35.1 Å². The van der Waals surface area contributed by atoms with Crippen molar-refractivity contribution in [2.75, 3.05) is 25.1 Å². The number of rotatable bonds is 7. The third-order valence-electron chi connectivity index (χ3n) is 8.77. The van der Waals surface area contributed by atoms with Crippen molar-refractivity contribution in [3.05, 3.63) is 91.6 Å². The smallest absolute Gasteiger partial charge is 0.416 e. The van der Waals surface area contributed by atoms with Gasteiger partial charge in [-0.1, -0.05) is 24.6 Å². The first-order valence-corrected chi connectivity index (χ1v) is 16.3. The Labute approximate surface area is 293 Å². The molecule has 5 heterocycles. The first-order chi connectivity index (χ1) is 24.1. The van der Waals surface area contributed by atoms with Gasteiger partial charge in [0.25, 0.3) is 11.5 Å². The standard InChI is InChI=1S/C34H32ClF4N7O5/c1-4-25-21(13-18-15-33(2,3)45(16-18)31(50)27-28(48)23(36)7-10-40-27)30(49)46-32(42-29(43-46)19-8-11-51-12-9-19)44(25)17-26(47)41-24-6-5-20(14-22(24)35)34(37,38)39/h5-8,10,13-14,48H,4,9,11-12,15-17H2,1-3H3,(H,41,47)/b18-13+. The number of carbonyl (C=O) groups is 2. The number of amides is 2. The Kier molecular flexibility index (Phi) is 9.50. The Balaban J connectivity index is 1.42. The molecule has 12 nitrogen and oxygen atoms in total. The van der Waals surface area contributed by atoms with Gasteiger partial charge in [0.15, 0.2) is 23.1 Å². The van der Waals surface area contributed by atoms with Crippen LogP contribution in [-0.2, 0) is 28.7 Å². The van der Waals surface area contributed by atoms with Crippen LogP contribution < -0.4 is 10.9 Å². The number of halogens is 5. The summed E-state index contributed by atoms with van der Waals surface area (Å²) < 4.78 is 61.7. The van der Waals surface area contributed by atoms with Gasteiger partial charge in [-0.15, -0.1) is 5.10 Å². The number of nitrogens with zero attached hydrogens (tertiary/aromatic N) is 6. The Hall–Kier alpha value is -5.09. The highest BCUT2D eigenvalue weighted by Gasteiger charge is 2.40. The van der Waals surface area contributed by atoms with E-state index in [4.69, 9.17) is 16.3 Å². The van der Waals surface area contributed by atoms with Crippen LogP contribution in [0.2, 0.25) is 5.02 Å². The number of benzene rings is 1. The van der Waals surface area contributed by atoms with E-state index in [1.807, 2.05) is 0 Å². The summed E-state index contributed by atoms with van der Waals surface area (Å²) in [7, 11) is 0. The van der Waals surface area contributed by atoms with Gasteiger partial charge in [0.1, 0.15) is 6.54 Å². The Morgan fingerprint density at radius 3 is 2.65 bits per heavy atom. The fraction of sp³-hybridized carbons (Fsp3) is 0.353. The van der Waals surface area contributed by atoms with E-state index in [1.54, 1.807) is 32.9 Å². The number of anilines is 1. The molecule has 1 fully saturated rings. The molecule has 6 rings (SSSR count). The molecule has 1 aromatic carbocycles. The predicted molar refractivity (Wildman–Crippen MR) is 179 cm³/mol. The van der Waals surface area contributed by atoms with Gasteiger partial charge in [-0.2, -0.15) is 22.7 Å². The zero-order chi connectivity index (χ0) is 36.8. The summed E-state index contributed by atoms with van der Waals surface area (Å²) in [4.78, 5) is 51.0.